The van der Waals surface area contributed by atoms with Crippen molar-refractivity contribution in [3.05, 3.63) is 34.9 Å². The molecule has 0 radical (unpaired) electrons. The molecule has 0 aliphatic carbocycles. The second-order valence-corrected chi connectivity index (χ2v) is 6.09. The zero-order chi connectivity index (χ0) is 13.7. The molecule has 1 fully saturated rings. The standard InChI is InChI=1S/C16H24ClNO/c1-2-10-18-11-5-8-16(19,9-12-18)13-14-6-3-4-7-15(14)17/h3-4,6-7,19H,2,5,8-13H2,1H3. The van der Waals surface area contributed by atoms with Crippen LogP contribution in [0.3, 0.4) is 0 Å². The third kappa shape index (κ3) is 4.20. The van der Waals surface area contributed by atoms with E-state index in [1.165, 1.54) is 6.42 Å². The van der Waals surface area contributed by atoms with Crippen molar-refractivity contribution in [3.8, 4) is 0 Å². The molecule has 0 amide bonds. The third-order valence-electron chi connectivity index (χ3n) is 4.03. The van der Waals surface area contributed by atoms with Gasteiger partial charge in [0.15, 0.2) is 0 Å². The highest BCUT2D eigenvalue weighted by atomic mass is 35.5. The van der Waals surface area contributed by atoms with E-state index in [9.17, 15) is 5.11 Å². The minimum atomic E-state index is -0.590. The number of hydrogen-bond acceptors (Lipinski definition) is 2. The maximum atomic E-state index is 10.8. The van der Waals surface area contributed by atoms with E-state index < -0.39 is 5.60 Å². The van der Waals surface area contributed by atoms with E-state index in [2.05, 4.69) is 11.8 Å². The number of likely N-dealkylation sites (tertiary alicyclic amines) is 1. The molecule has 1 heterocycles. The first-order chi connectivity index (χ1) is 9.13. The number of hydrogen-bond donors (Lipinski definition) is 1. The van der Waals surface area contributed by atoms with E-state index in [-0.39, 0.29) is 0 Å². The minimum absolute atomic E-state index is 0.590. The summed E-state index contributed by atoms with van der Waals surface area (Å²) >= 11 is 6.20. The van der Waals surface area contributed by atoms with Gasteiger partial charge in [-0.1, -0.05) is 36.7 Å². The molecule has 0 aromatic heterocycles. The summed E-state index contributed by atoms with van der Waals surface area (Å²) in [7, 11) is 0. The monoisotopic (exact) mass is 281 g/mol. The van der Waals surface area contributed by atoms with Gasteiger partial charge in [0.2, 0.25) is 0 Å². The molecule has 1 aromatic carbocycles. The summed E-state index contributed by atoms with van der Waals surface area (Å²) in [6, 6.07) is 7.85. The van der Waals surface area contributed by atoms with Gasteiger partial charge in [-0.15, -0.1) is 0 Å². The highest BCUT2D eigenvalue weighted by Gasteiger charge is 2.30. The normalized spacial score (nSPS) is 25.2. The molecular weight excluding hydrogens is 258 g/mol. The Morgan fingerprint density at radius 1 is 1.26 bits per heavy atom. The van der Waals surface area contributed by atoms with Gasteiger partial charge in [0.05, 0.1) is 5.60 Å². The lowest BCUT2D eigenvalue weighted by Gasteiger charge is -2.27. The van der Waals surface area contributed by atoms with Gasteiger partial charge in [-0.3, -0.25) is 0 Å². The fourth-order valence-electron chi connectivity index (χ4n) is 2.95. The van der Waals surface area contributed by atoms with E-state index >= 15 is 0 Å². The number of rotatable bonds is 4. The Morgan fingerprint density at radius 2 is 2.05 bits per heavy atom. The predicted molar refractivity (Wildman–Crippen MR) is 80.7 cm³/mol. The van der Waals surface area contributed by atoms with Crippen LogP contribution in [0, 0.1) is 0 Å². The van der Waals surface area contributed by atoms with Gasteiger partial charge in [0, 0.05) is 18.0 Å². The summed E-state index contributed by atoms with van der Waals surface area (Å²) in [5.74, 6) is 0. The average Bonchev–Trinajstić information content (AvgIpc) is 2.56. The van der Waals surface area contributed by atoms with Crippen molar-refractivity contribution in [2.75, 3.05) is 19.6 Å². The first-order valence-electron chi connectivity index (χ1n) is 7.31. The van der Waals surface area contributed by atoms with Crippen molar-refractivity contribution in [1.29, 1.82) is 0 Å². The lowest BCUT2D eigenvalue weighted by atomic mass is 9.88. The Labute approximate surface area is 121 Å². The average molecular weight is 282 g/mol. The highest BCUT2D eigenvalue weighted by Crippen LogP contribution is 2.29. The fraction of sp³-hybridized carbons (Fsp3) is 0.625. The zero-order valence-corrected chi connectivity index (χ0v) is 12.5. The Kier molecular flexibility index (Phi) is 5.26. The summed E-state index contributed by atoms with van der Waals surface area (Å²) in [6.45, 7) is 5.45. The first-order valence-corrected chi connectivity index (χ1v) is 7.69. The van der Waals surface area contributed by atoms with Gasteiger partial charge < -0.3 is 10.0 Å². The van der Waals surface area contributed by atoms with Crippen LogP contribution in [0.5, 0.6) is 0 Å². The quantitative estimate of drug-likeness (QED) is 0.913. The number of nitrogens with zero attached hydrogens (tertiary/aromatic N) is 1. The van der Waals surface area contributed by atoms with Crippen molar-refractivity contribution >= 4 is 11.6 Å². The molecule has 1 unspecified atom stereocenters. The van der Waals surface area contributed by atoms with E-state index in [1.54, 1.807) is 0 Å². The summed E-state index contributed by atoms with van der Waals surface area (Å²) in [4.78, 5) is 2.46. The van der Waals surface area contributed by atoms with Crippen LogP contribution >= 0.6 is 11.6 Å². The molecule has 1 N–H and O–H groups in total. The van der Waals surface area contributed by atoms with Crippen LogP contribution in [0.25, 0.3) is 0 Å². The Morgan fingerprint density at radius 3 is 2.79 bits per heavy atom. The number of halogens is 1. The molecule has 1 aliphatic rings. The van der Waals surface area contributed by atoms with E-state index in [0.29, 0.717) is 6.42 Å². The lowest BCUT2D eigenvalue weighted by molar-refractivity contribution is 0.0257. The summed E-state index contributed by atoms with van der Waals surface area (Å²) < 4.78 is 0. The third-order valence-corrected chi connectivity index (χ3v) is 4.40. The summed E-state index contributed by atoms with van der Waals surface area (Å²) in [5.41, 5.74) is 0.476. The second-order valence-electron chi connectivity index (χ2n) is 5.69. The van der Waals surface area contributed by atoms with Crippen molar-refractivity contribution in [2.45, 2.75) is 44.6 Å². The maximum Gasteiger partial charge on any atom is 0.0701 e. The van der Waals surface area contributed by atoms with Gasteiger partial charge in [0.25, 0.3) is 0 Å². The number of benzene rings is 1. The van der Waals surface area contributed by atoms with Crippen molar-refractivity contribution in [1.82, 2.24) is 4.90 Å². The molecule has 19 heavy (non-hydrogen) atoms. The molecule has 2 rings (SSSR count). The molecular formula is C16H24ClNO. The smallest absolute Gasteiger partial charge is 0.0701 e. The van der Waals surface area contributed by atoms with Crippen molar-refractivity contribution in [3.63, 3.8) is 0 Å². The van der Waals surface area contributed by atoms with Crippen molar-refractivity contribution in [2.24, 2.45) is 0 Å². The van der Waals surface area contributed by atoms with Gasteiger partial charge in [-0.2, -0.15) is 0 Å². The summed E-state index contributed by atoms with van der Waals surface area (Å²) in [6.07, 6.45) is 4.65. The topological polar surface area (TPSA) is 23.5 Å². The SMILES string of the molecule is CCCN1CCCC(O)(Cc2ccccc2Cl)CC1. The van der Waals surface area contributed by atoms with Crippen LogP contribution < -0.4 is 0 Å². The van der Waals surface area contributed by atoms with E-state index in [4.69, 9.17) is 11.6 Å². The molecule has 1 saturated heterocycles. The van der Waals surface area contributed by atoms with Crippen molar-refractivity contribution < 1.29 is 5.11 Å². The minimum Gasteiger partial charge on any atom is -0.389 e. The van der Waals surface area contributed by atoms with E-state index in [1.807, 2.05) is 24.3 Å². The molecule has 1 aliphatic heterocycles. The molecule has 106 valence electrons. The molecule has 0 saturated carbocycles. The predicted octanol–water partition coefficient (Wildman–Crippen LogP) is 3.51. The Balaban J connectivity index is 2.01. The van der Waals surface area contributed by atoms with Gasteiger partial charge >= 0.3 is 0 Å². The van der Waals surface area contributed by atoms with E-state index in [0.717, 1.165) is 49.5 Å². The molecule has 1 atom stereocenters. The van der Waals surface area contributed by atoms with Crippen LogP contribution in [0.1, 0.15) is 38.2 Å². The van der Waals surface area contributed by atoms with Gasteiger partial charge in [-0.25, -0.2) is 0 Å². The maximum absolute atomic E-state index is 10.8. The van der Waals surface area contributed by atoms with Gasteiger partial charge in [-0.05, 0) is 50.4 Å². The van der Waals surface area contributed by atoms with Crippen LogP contribution in [0.4, 0.5) is 0 Å². The van der Waals surface area contributed by atoms with Crippen LogP contribution in [0.15, 0.2) is 24.3 Å². The molecule has 1 aromatic rings. The fourth-order valence-corrected chi connectivity index (χ4v) is 3.15. The van der Waals surface area contributed by atoms with Crippen LogP contribution in [0.2, 0.25) is 5.02 Å². The number of aliphatic hydroxyl groups is 1. The molecule has 0 bridgehead atoms. The van der Waals surface area contributed by atoms with Crippen LogP contribution in [-0.4, -0.2) is 35.2 Å². The highest BCUT2D eigenvalue weighted by molar-refractivity contribution is 6.31. The van der Waals surface area contributed by atoms with Crippen LogP contribution in [-0.2, 0) is 6.42 Å². The largest absolute Gasteiger partial charge is 0.389 e. The first kappa shape index (κ1) is 14.8. The summed E-state index contributed by atoms with van der Waals surface area (Å²) in [5, 5.41) is 11.6. The lowest BCUT2D eigenvalue weighted by Crippen LogP contribution is -2.33. The molecule has 0 spiro atoms. The second kappa shape index (κ2) is 6.74. The zero-order valence-electron chi connectivity index (χ0n) is 11.7. The molecule has 3 heteroatoms. The Hall–Kier alpha value is -0.570. The molecule has 2 nitrogen and oxygen atoms in total. The Bertz CT molecular complexity index is 409. The van der Waals surface area contributed by atoms with Gasteiger partial charge in [0.1, 0.15) is 0 Å².